The van der Waals surface area contributed by atoms with Crippen LogP contribution in [0.1, 0.15) is 34.0 Å². The standard InChI is InChI=1S/C23H21ClN4O/c1-4-16-6-8-17(9-7-16)28-26-21-12-15(3)20(13-22(21)27-28)25-23(29)18-10-5-14(2)11-19(18)24/h5-13H,4H2,1-3H3,(H,25,29). The quantitative estimate of drug-likeness (QED) is 0.488. The van der Waals surface area contributed by atoms with Crippen LogP contribution in [0.2, 0.25) is 5.02 Å². The van der Waals surface area contributed by atoms with E-state index in [1.165, 1.54) is 5.56 Å². The fourth-order valence-corrected chi connectivity index (χ4v) is 3.50. The number of carbonyl (C=O) groups excluding carboxylic acids is 1. The van der Waals surface area contributed by atoms with Gasteiger partial charge in [-0.3, -0.25) is 4.79 Å². The number of nitrogens with zero attached hydrogens (tertiary/aromatic N) is 3. The van der Waals surface area contributed by atoms with Crippen molar-refractivity contribution in [3.63, 3.8) is 0 Å². The largest absolute Gasteiger partial charge is 0.322 e. The molecule has 0 saturated heterocycles. The van der Waals surface area contributed by atoms with Gasteiger partial charge in [0.15, 0.2) is 0 Å². The van der Waals surface area contributed by atoms with Crippen molar-refractivity contribution in [1.29, 1.82) is 0 Å². The Morgan fingerprint density at radius 2 is 1.69 bits per heavy atom. The van der Waals surface area contributed by atoms with Crippen molar-refractivity contribution in [2.75, 3.05) is 5.32 Å². The predicted octanol–water partition coefficient (Wildman–Crippen LogP) is 5.51. The molecule has 0 radical (unpaired) electrons. The number of aryl methyl sites for hydroxylation is 3. The number of aromatic nitrogens is 3. The number of benzene rings is 3. The van der Waals surface area contributed by atoms with Crippen molar-refractivity contribution >= 4 is 34.2 Å². The molecular weight excluding hydrogens is 384 g/mol. The van der Waals surface area contributed by atoms with Crippen molar-refractivity contribution in [2.45, 2.75) is 27.2 Å². The molecule has 0 saturated carbocycles. The van der Waals surface area contributed by atoms with Crippen LogP contribution in [0, 0.1) is 13.8 Å². The highest BCUT2D eigenvalue weighted by Gasteiger charge is 2.14. The Labute approximate surface area is 174 Å². The Kier molecular flexibility index (Phi) is 5.07. The van der Waals surface area contributed by atoms with Gasteiger partial charge in [-0.15, -0.1) is 10.2 Å². The number of anilines is 1. The van der Waals surface area contributed by atoms with Gasteiger partial charge >= 0.3 is 0 Å². The molecule has 29 heavy (non-hydrogen) atoms. The van der Waals surface area contributed by atoms with Crippen LogP contribution < -0.4 is 5.32 Å². The minimum Gasteiger partial charge on any atom is -0.322 e. The molecule has 0 fully saturated rings. The highest BCUT2D eigenvalue weighted by atomic mass is 35.5. The van der Waals surface area contributed by atoms with Gasteiger partial charge in [-0.05, 0) is 73.4 Å². The third-order valence-corrected chi connectivity index (χ3v) is 5.23. The van der Waals surface area contributed by atoms with E-state index in [1.807, 2.05) is 44.2 Å². The molecule has 0 atom stereocenters. The summed E-state index contributed by atoms with van der Waals surface area (Å²) < 4.78 is 0. The van der Waals surface area contributed by atoms with Crippen LogP contribution in [0.5, 0.6) is 0 Å². The lowest BCUT2D eigenvalue weighted by Crippen LogP contribution is -2.13. The summed E-state index contributed by atoms with van der Waals surface area (Å²) in [5.74, 6) is -0.250. The van der Waals surface area contributed by atoms with E-state index in [-0.39, 0.29) is 5.91 Å². The van der Waals surface area contributed by atoms with Gasteiger partial charge in [0.05, 0.1) is 16.3 Å². The average Bonchev–Trinajstić information content (AvgIpc) is 3.11. The van der Waals surface area contributed by atoms with Crippen LogP contribution in [0.15, 0.2) is 54.6 Å². The molecule has 0 bridgehead atoms. The summed E-state index contributed by atoms with van der Waals surface area (Å²) in [7, 11) is 0. The molecular formula is C23H21ClN4O. The highest BCUT2D eigenvalue weighted by Crippen LogP contribution is 2.24. The lowest BCUT2D eigenvalue weighted by atomic mass is 10.1. The van der Waals surface area contributed by atoms with Crippen LogP contribution >= 0.6 is 11.6 Å². The zero-order valence-electron chi connectivity index (χ0n) is 16.5. The van der Waals surface area contributed by atoms with Gasteiger partial charge in [-0.1, -0.05) is 36.7 Å². The maximum Gasteiger partial charge on any atom is 0.257 e. The van der Waals surface area contributed by atoms with Gasteiger partial charge in [0, 0.05) is 5.69 Å². The van der Waals surface area contributed by atoms with Crippen LogP contribution in [-0.4, -0.2) is 20.9 Å². The van der Waals surface area contributed by atoms with Gasteiger partial charge in [0.2, 0.25) is 0 Å². The summed E-state index contributed by atoms with van der Waals surface area (Å²) >= 11 is 6.23. The van der Waals surface area contributed by atoms with E-state index >= 15 is 0 Å². The van der Waals surface area contributed by atoms with Crippen molar-refractivity contribution in [3.05, 3.63) is 81.9 Å². The Hall–Kier alpha value is -3.18. The minimum atomic E-state index is -0.250. The molecule has 0 spiro atoms. The SMILES string of the molecule is CCc1ccc(-n2nc3cc(C)c(NC(=O)c4ccc(C)cc4Cl)cc3n2)cc1. The smallest absolute Gasteiger partial charge is 0.257 e. The summed E-state index contributed by atoms with van der Waals surface area (Å²) in [5.41, 5.74) is 6.68. The summed E-state index contributed by atoms with van der Waals surface area (Å²) in [4.78, 5) is 14.3. The topological polar surface area (TPSA) is 59.8 Å². The molecule has 3 aromatic carbocycles. The zero-order chi connectivity index (χ0) is 20.5. The van der Waals surface area contributed by atoms with Crippen molar-refractivity contribution in [3.8, 4) is 5.69 Å². The number of fused-ring (bicyclic) bond motifs is 1. The maximum absolute atomic E-state index is 12.7. The lowest BCUT2D eigenvalue weighted by Gasteiger charge is -2.09. The molecule has 1 heterocycles. The van der Waals surface area contributed by atoms with Gasteiger partial charge in [-0.25, -0.2) is 0 Å². The molecule has 5 nitrogen and oxygen atoms in total. The molecule has 4 aromatic rings. The first-order valence-corrected chi connectivity index (χ1v) is 9.87. The van der Waals surface area contributed by atoms with E-state index in [0.29, 0.717) is 21.8 Å². The van der Waals surface area contributed by atoms with Crippen molar-refractivity contribution in [2.24, 2.45) is 0 Å². The van der Waals surface area contributed by atoms with E-state index in [4.69, 9.17) is 11.6 Å². The summed E-state index contributed by atoms with van der Waals surface area (Å²) in [5, 5.41) is 12.5. The molecule has 0 aliphatic heterocycles. The molecule has 146 valence electrons. The number of hydrogen-bond donors (Lipinski definition) is 1. The van der Waals surface area contributed by atoms with Crippen molar-refractivity contribution < 1.29 is 4.79 Å². The predicted molar refractivity (Wildman–Crippen MR) is 117 cm³/mol. The Morgan fingerprint density at radius 1 is 1.00 bits per heavy atom. The first-order chi connectivity index (χ1) is 13.9. The van der Waals surface area contributed by atoms with Crippen LogP contribution in [-0.2, 0) is 6.42 Å². The van der Waals surface area contributed by atoms with Gasteiger partial charge < -0.3 is 5.32 Å². The molecule has 0 unspecified atom stereocenters. The second-order valence-corrected chi connectivity index (χ2v) is 7.51. The number of halogens is 1. The molecule has 0 aliphatic rings. The first-order valence-electron chi connectivity index (χ1n) is 9.49. The normalized spacial score (nSPS) is 11.0. The van der Waals surface area contributed by atoms with Crippen LogP contribution in [0.25, 0.3) is 16.7 Å². The van der Waals surface area contributed by atoms with E-state index in [2.05, 4.69) is 34.6 Å². The highest BCUT2D eigenvalue weighted by molar-refractivity contribution is 6.34. The van der Waals surface area contributed by atoms with Gasteiger partial charge in [-0.2, -0.15) is 4.80 Å². The molecule has 0 aliphatic carbocycles. The average molecular weight is 405 g/mol. The van der Waals surface area contributed by atoms with Crippen LogP contribution in [0.3, 0.4) is 0 Å². The van der Waals surface area contributed by atoms with E-state index < -0.39 is 0 Å². The van der Waals surface area contributed by atoms with E-state index in [0.717, 1.165) is 28.8 Å². The van der Waals surface area contributed by atoms with Crippen LogP contribution in [0.4, 0.5) is 5.69 Å². The van der Waals surface area contributed by atoms with E-state index in [1.54, 1.807) is 16.9 Å². The number of nitrogens with one attached hydrogen (secondary N) is 1. The second kappa shape index (κ2) is 7.68. The summed E-state index contributed by atoms with van der Waals surface area (Å²) in [6.45, 7) is 5.99. The molecule has 1 aromatic heterocycles. The fourth-order valence-electron chi connectivity index (χ4n) is 3.18. The lowest BCUT2D eigenvalue weighted by molar-refractivity contribution is 0.102. The number of rotatable bonds is 4. The molecule has 6 heteroatoms. The fraction of sp³-hybridized carbons (Fsp3) is 0.174. The molecule has 1 amide bonds. The summed E-state index contributed by atoms with van der Waals surface area (Å²) in [6.07, 6.45) is 0.988. The maximum atomic E-state index is 12.7. The third kappa shape index (κ3) is 3.87. The Morgan fingerprint density at radius 3 is 2.34 bits per heavy atom. The second-order valence-electron chi connectivity index (χ2n) is 7.10. The van der Waals surface area contributed by atoms with Gasteiger partial charge in [0.25, 0.3) is 5.91 Å². The number of carbonyl (C=O) groups is 1. The zero-order valence-corrected chi connectivity index (χ0v) is 17.3. The molecule has 1 N–H and O–H groups in total. The Balaban J connectivity index is 1.65. The number of amides is 1. The van der Waals surface area contributed by atoms with E-state index in [9.17, 15) is 4.79 Å². The van der Waals surface area contributed by atoms with Gasteiger partial charge in [0.1, 0.15) is 11.0 Å². The van der Waals surface area contributed by atoms with Crippen molar-refractivity contribution in [1.82, 2.24) is 15.0 Å². The number of hydrogen-bond acceptors (Lipinski definition) is 3. The minimum absolute atomic E-state index is 0.250. The monoisotopic (exact) mass is 404 g/mol. The first kappa shape index (κ1) is 19.2. The summed E-state index contributed by atoms with van der Waals surface area (Å²) in [6, 6.07) is 17.3. The molecule has 4 rings (SSSR count). The Bertz CT molecular complexity index is 1210. The third-order valence-electron chi connectivity index (χ3n) is 4.92.